The van der Waals surface area contributed by atoms with Crippen LogP contribution in [0.25, 0.3) is 10.6 Å². The second kappa shape index (κ2) is 8.39. The Balaban J connectivity index is 1.59. The first-order valence-corrected chi connectivity index (χ1v) is 8.91. The number of nitrogens with zero attached hydrogens (tertiary/aromatic N) is 3. The standard InChI is InChI=1S/C18H18N4O3S/c1-3-25-16-9-8-15(21-22-16)17(23)19-10-13-11-26-18(20-13)12-4-6-14(24-2)7-5-12/h4-9,11H,3,10H2,1-2H3,(H,19,23). The lowest BCUT2D eigenvalue weighted by molar-refractivity contribution is 0.0944. The summed E-state index contributed by atoms with van der Waals surface area (Å²) in [5.41, 5.74) is 2.03. The number of aromatic nitrogens is 3. The third-order valence-corrected chi connectivity index (χ3v) is 4.42. The molecule has 2 aromatic heterocycles. The summed E-state index contributed by atoms with van der Waals surface area (Å²) in [5, 5.41) is 13.3. The maximum Gasteiger partial charge on any atom is 0.272 e. The van der Waals surface area contributed by atoms with Crippen molar-refractivity contribution in [3.8, 4) is 22.2 Å². The van der Waals surface area contributed by atoms with Crippen LogP contribution in [-0.4, -0.2) is 34.8 Å². The SMILES string of the molecule is CCOc1ccc(C(=O)NCc2csc(-c3ccc(OC)cc3)n2)nn1. The van der Waals surface area contributed by atoms with Gasteiger partial charge in [-0.3, -0.25) is 4.79 Å². The summed E-state index contributed by atoms with van der Waals surface area (Å²) in [6, 6.07) is 10.9. The van der Waals surface area contributed by atoms with Crippen molar-refractivity contribution in [1.82, 2.24) is 20.5 Å². The molecule has 8 heteroatoms. The van der Waals surface area contributed by atoms with Crippen LogP contribution in [0, 0.1) is 0 Å². The fourth-order valence-electron chi connectivity index (χ4n) is 2.18. The van der Waals surface area contributed by atoms with Gasteiger partial charge in [0.2, 0.25) is 5.88 Å². The van der Waals surface area contributed by atoms with Crippen LogP contribution in [0.3, 0.4) is 0 Å². The zero-order valence-electron chi connectivity index (χ0n) is 14.4. The number of ether oxygens (including phenoxy) is 2. The molecule has 0 atom stereocenters. The van der Waals surface area contributed by atoms with Crippen LogP contribution in [-0.2, 0) is 6.54 Å². The summed E-state index contributed by atoms with van der Waals surface area (Å²) in [7, 11) is 1.63. The Hall–Kier alpha value is -3.00. The molecule has 0 saturated heterocycles. The van der Waals surface area contributed by atoms with Gasteiger partial charge in [0.05, 0.1) is 26.0 Å². The number of benzene rings is 1. The molecule has 2 heterocycles. The highest BCUT2D eigenvalue weighted by atomic mass is 32.1. The van der Waals surface area contributed by atoms with Gasteiger partial charge >= 0.3 is 0 Å². The molecule has 1 N–H and O–H groups in total. The number of thiazole rings is 1. The lowest BCUT2D eigenvalue weighted by atomic mass is 10.2. The minimum atomic E-state index is -0.306. The smallest absolute Gasteiger partial charge is 0.272 e. The molecule has 134 valence electrons. The van der Waals surface area contributed by atoms with E-state index in [-0.39, 0.29) is 11.6 Å². The molecule has 3 aromatic rings. The number of hydrogen-bond acceptors (Lipinski definition) is 7. The van der Waals surface area contributed by atoms with Gasteiger partial charge in [0, 0.05) is 17.0 Å². The van der Waals surface area contributed by atoms with Gasteiger partial charge in [-0.1, -0.05) is 0 Å². The van der Waals surface area contributed by atoms with Crippen LogP contribution >= 0.6 is 11.3 Å². The summed E-state index contributed by atoms with van der Waals surface area (Å²) in [5.74, 6) is 0.890. The molecular weight excluding hydrogens is 352 g/mol. The molecule has 1 aromatic carbocycles. The van der Waals surface area contributed by atoms with E-state index in [2.05, 4.69) is 20.5 Å². The molecule has 0 aliphatic carbocycles. The molecule has 0 aliphatic heterocycles. The summed E-state index contributed by atoms with van der Waals surface area (Å²) in [4.78, 5) is 16.7. The van der Waals surface area contributed by atoms with Crippen molar-refractivity contribution in [2.75, 3.05) is 13.7 Å². The second-order valence-electron chi connectivity index (χ2n) is 5.24. The molecular formula is C18H18N4O3S. The molecule has 0 unspecified atom stereocenters. The lowest BCUT2D eigenvalue weighted by Gasteiger charge is -2.04. The molecule has 0 radical (unpaired) electrons. The Morgan fingerprint density at radius 2 is 1.96 bits per heavy atom. The highest BCUT2D eigenvalue weighted by molar-refractivity contribution is 7.13. The largest absolute Gasteiger partial charge is 0.497 e. The van der Waals surface area contributed by atoms with E-state index in [1.54, 1.807) is 19.2 Å². The zero-order chi connectivity index (χ0) is 18.4. The first kappa shape index (κ1) is 17.8. The Kier molecular flexibility index (Phi) is 5.75. The monoisotopic (exact) mass is 370 g/mol. The van der Waals surface area contributed by atoms with E-state index in [0.29, 0.717) is 19.0 Å². The third kappa shape index (κ3) is 4.34. The van der Waals surface area contributed by atoms with E-state index >= 15 is 0 Å². The molecule has 1 amide bonds. The molecule has 3 rings (SSSR count). The number of carbonyl (C=O) groups is 1. The number of hydrogen-bond donors (Lipinski definition) is 1. The van der Waals surface area contributed by atoms with E-state index in [4.69, 9.17) is 9.47 Å². The van der Waals surface area contributed by atoms with Crippen molar-refractivity contribution in [3.63, 3.8) is 0 Å². The minimum Gasteiger partial charge on any atom is -0.497 e. The van der Waals surface area contributed by atoms with E-state index in [1.807, 2.05) is 36.6 Å². The highest BCUT2D eigenvalue weighted by Crippen LogP contribution is 2.25. The number of nitrogens with one attached hydrogen (secondary N) is 1. The maximum absolute atomic E-state index is 12.1. The van der Waals surface area contributed by atoms with Gasteiger partial charge in [0.25, 0.3) is 5.91 Å². The van der Waals surface area contributed by atoms with E-state index in [1.165, 1.54) is 11.3 Å². The third-order valence-electron chi connectivity index (χ3n) is 3.48. The summed E-state index contributed by atoms with van der Waals surface area (Å²) >= 11 is 1.52. The van der Waals surface area contributed by atoms with Gasteiger partial charge < -0.3 is 14.8 Å². The zero-order valence-corrected chi connectivity index (χ0v) is 15.2. The summed E-state index contributed by atoms with van der Waals surface area (Å²) in [6.45, 7) is 2.68. The Labute approximate surface area is 155 Å². The second-order valence-corrected chi connectivity index (χ2v) is 6.10. The minimum absolute atomic E-state index is 0.235. The van der Waals surface area contributed by atoms with Gasteiger partial charge in [-0.05, 0) is 37.3 Å². The predicted molar refractivity (Wildman–Crippen MR) is 98.5 cm³/mol. The van der Waals surface area contributed by atoms with E-state index in [9.17, 15) is 4.79 Å². The topological polar surface area (TPSA) is 86.2 Å². The van der Waals surface area contributed by atoms with Crippen LogP contribution < -0.4 is 14.8 Å². The average molecular weight is 370 g/mol. The first-order valence-electron chi connectivity index (χ1n) is 8.03. The van der Waals surface area contributed by atoms with Crippen LogP contribution in [0.2, 0.25) is 0 Å². The fourth-order valence-corrected chi connectivity index (χ4v) is 3.01. The highest BCUT2D eigenvalue weighted by Gasteiger charge is 2.10. The maximum atomic E-state index is 12.1. The fraction of sp³-hybridized carbons (Fsp3) is 0.222. The van der Waals surface area contributed by atoms with Crippen molar-refractivity contribution in [2.24, 2.45) is 0 Å². The van der Waals surface area contributed by atoms with Gasteiger partial charge in [0.15, 0.2) is 5.69 Å². The van der Waals surface area contributed by atoms with Crippen LogP contribution in [0.15, 0.2) is 41.8 Å². The quantitative estimate of drug-likeness (QED) is 0.688. The summed E-state index contributed by atoms with van der Waals surface area (Å²) < 4.78 is 10.4. The Morgan fingerprint density at radius 3 is 2.62 bits per heavy atom. The van der Waals surface area contributed by atoms with Crippen LogP contribution in [0.4, 0.5) is 0 Å². The predicted octanol–water partition coefficient (Wildman–Crippen LogP) is 2.94. The molecule has 0 aliphatic rings. The molecule has 26 heavy (non-hydrogen) atoms. The van der Waals surface area contributed by atoms with Crippen molar-refractivity contribution in [3.05, 3.63) is 53.2 Å². The molecule has 0 saturated carbocycles. The number of methoxy groups -OCH3 is 1. The normalized spacial score (nSPS) is 10.4. The average Bonchev–Trinajstić information content (AvgIpc) is 3.16. The number of rotatable bonds is 7. The lowest BCUT2D eigenvalue weighted by Crippen LogP contribution is -2.24. The van der Waals surface area contributed by atoms with E-state index < -0.39 is 0 Å². The molecule has 7 nitrogen and oxygen atoms in total. The Bertz CT molecular complexity index is 863. The number of amides is 1. The van der Waals surface area contributed by atoms with Gasteiger partial charge in [-0.2, -0.15) is 0 Å². The van der Waals surface area contributed by atoms with Crippen molar-refractivity contribution >= 4 is 17.2 Å². The van der Waals surface area contributed by atoms with Crippen molar-refractivity contribution in [1.29, 1.82) is 0 Å². The van der Waals surface area contributed by atoms with Crippen LogP contribution in [0.5, 0.6) is 11.6 Å². The van der Waals surface area contributed by atoms with E-state index in [0.717, 1.165) is 22.0 Å². The molecule has 0 bridgehead atoms. The first-order chi connectivity index (χ1) is 12.7. The molecule has 0 fully saturated rings. The van der Waals surface area contributed by atoms with Gasteiger partial charge in [-0.25, -0.2) is 4.98 Å². The number of carbonyl (C=O) groups excluding carboxylic acids is 1. The van der Waals surface area contributed by atoms with Crippen LogP contribution in [0.1, 0.15) is 23.1 Å². The van der Waals surface area contributed by atoms with Gasteiger partial charge in [-0.15, -0.1) is 21.5 Å². The Morgan fingerprint density at radius 1 is 1.15 bits per heavy atom. The van der Waals surface area contributed by atoms with Crippen molar-refractivity contribution < 1.29 is 14.3 Å². The molecule has 0 spiro atoms. The van der Waals surface area contributed by atoms with Gasteiger partial charge in [0.1, 0.15) is 10.8 Å². The summed E-state index contributed by atoms with van der Waals surface area (Å²) in [6.07, 6.45) is 0. The van der Waals surface area contributed by atoms with Crippen molar-refractivity contribution in [2.45, 2.75) is 13.5 Å².